The van der Waals surface area contributed by atoms with Crippen LogP contribution in [0.25, 0.3) is 0 Å². The molecule has 0 saturated carbocycles. The van der Waals surface area contributed by atoms with Crippen LogP contribution < -0.4 is 5.73 Å². The van der Waals surface area contributed by atoms with Crippen LogP contribution in [0.4, 0.5) is 4.39 Å². The highest BCUT2D eigenvalue weighted by Gasteiger charge is 2.35. The number of amides is 1. The predicted molar refractivity (Wildman–Crippen MR) is 70.5 cm³/mol. The second-order valence-electron chi connectivity index (χ2n) is 4.96. The van der Waals surface area contributed by atoms with Gasteiger partial charge in [0.15, 0.2) is 0 Å². The lowest BCUT2D eigenvalue weighted by atomic mass is 10.1. The maximum atomic E-state index is 12.8. The maximum absolute atomic E-state index is 12.8. The third-order valence-electron chi connectivity index (χ3n) is 3.51. The second kappa shape index (κ2) is 6.00. The lowest BCUT2D eigenvalue weighted by molar-refractivity contribution is -0.148. The van der Waals surface area contributed by atoms with Gasteiger partial charge in [-0.1, -0.05) is 12.1 Å². The van der Waals surface area contributed by atoms with Crippen molar-refractivity contribution in [1.82, 2.24) is 4.90 Å². The van der Waals surface area contributed by atoms with E-state index in [0.29, 0.717) is 19.4 Å². The van der Waals surface area contributed by atoms with Gasteiger partial charge in [-0.05, 0) is 37.0 Å². The Morgan fingerprint density at radius 1 is 1.40 bits per heavy atom. The fourth-order valence-corrected chi connectivity index (χ4v) is 2.46. The van der Waals surface area contributed by atoms with Crippen molar-refractivity contribution in [1.29, 1.82) is 0 Å². The molecular weight excluding hydrogens is 263 g/mol. The van der Waals surface area contributed by atoms with Crippen LogP contribution in [0.2, 0.25) is 0 Å². The van der Waals surface area contributed by atoms with Gasteiger partial charge in [-0.3, -0.25) is 4.79 Å². The van der Waals surface area contributed by atoms with E-state index in [2.05, 4.69) is 0 Å². The van der Waals surface area contributed by atoms with Crippen LogP contribution >= 0.6 is 0 Å². The summed E-state index contributed by atoms with van der Waals surface area (Å²) in [6.45, 7) is 0.424. The first-order chi connectivity index (χ1) is 9.49. The number of benzene rings is 1. The Labute approximate surface area is 116 Å². The van der Waals surface area contributed by atoms with Gasteiger partial charge in [0.25, 0.3) is 0 Å². The van der Waals surface area contributed by atoms with Crippen LogP contribution in [0.15, 0.2) is 24.3 Å². The van der Waals surface area contributed by atoms with E-state index in [1.165, 1.54) is 17.0 Å². The van der Waals surface area contributed by atoms with E-state index in [1.54, 1.807) is 12.1 Å². The first kappa shape index (κ1) is 14.5. The summed E-state index contributed by atoms with van der Waals surface area (Å²) in [4.78, 5) is 24.6. The summed E-state index contributed by atoms with van der Waals surface area (Å²) in [5.41, 5.74) is 6.60. The molecule has 2 atom stereocenters. The monoisotopic (exact) mass is 280 g/mol. The molecule has 1 fully saturated rings. The summed E-state index contributed by atoms with van der Waals surface area (Å²) >= 11 is 0. The Morgan fingerprint density at radius 2 is 2.05 bits per heavy atom. The van der Waals surface area contributed by atoms with Crippen LogP contribution in [-0.4, -0.2) is 40.5 Å². The van der Waals surface area contributed by atoms with Crippen molar-refractivity contribution in [2.75, 3.05) is 6.54 Å². The highest BCUT2D eigenvalue weighted by molar-refractivity contribution is 5.87. The molecule has 0 aliphatic carbocycles. The molecule has 6 heteroatoms. The number of carboxylic acid groups (broad SMARTS) is 1. The van der Waals surface area contributed by atoms with Gasteiger partial charge in [0.2, 0.25) is 5.91 Å². The molecule has 1 amide bonds. The van der Waals surface area contributed by atoms with Gasteiger partial charge in [0.1, 0.15) is 11.9 Å². The molecule has 2 rings (SSSR count). The highest BCUT2D eigenvalue weighted by atomic mass is 19.1. The molecular formula is C14H17FN2O3. The number of likely N-dealkylation sites (tertiary alicyclic amines) is 1. The third-order valence-corrected chi connectivity index (χ3v) is 3.51. The Bertz CT molecular complexity index is 504. The summed E-state index contributed by atoms with van der Waals surface area (Å²) in [7, 11) is 0. The molecule has 1 unspecified atom stereocenters. The molecule has 0 radical (unpaired) electrons. The summed E-state index contributed by atoms with van der Waals surface area (Å²) < 4.78 is 12.8. The van der Waals surface area contributed by atoms with Crippen molar-refractivity contribution in [2.24, 2.45) is 5.73 Å². The molecule has 3 N–H and O–H groups in total. The standard InChI is InChI=1S/C14H17FN2O3/c15-10-5-3-9(4-6-10)8-11(16)13(18)17-7-1-2-12(17)14(19)20/h3-6,11-12H,1-2,7-8,16H2,(H,19,20)/t11-,12?/m1/s1. The lowest BCUT2D eigenvalue weighted by Crippen LogP contribution is -2.49. The molecule has 1 aliphatic rings. The van der Waals surface area contributed by atoms with Gasteiger partial charge in [-0.25, -0.2) is 9.18 Å². The van der Waals surface area contributed by atoms with E-state index >= 15 is 0 Å². The number of rotatable bonds is 4. The highest BCUT2D eigenvalue weighted by Crippen LogP contribution is 2.19. The van der Waals surface area contributed by atoms with Gasteiger partial charge in [0, 0.05) is 6.54 Å². The van der Waals surface area contributed by atoms with Crippen LogP contribution in [0, 0.1) is 5.82 Å². The summed E-state index contributed by atoms with van der Waals surface area (Å²) in [6, 6.07) is 4.18. The van der Waals surface area contributed by atoms with Gasteiger partial charge in [-0.2, -0.15) is 0 Å². The topological polar surface area (TPSA) is 83.6 Å². The van der Waals surface area contributed by atoms with Crippen molar-refractivity contribution in [3.8, 4) is 0 Å². The number of carboxylic acids is 1. The fraction of sp³-hybridized carbons (Fsp3) is 0.429. The molecule has 1 aromatic rings. The fourth-order valence-electron chi connectivity index (χ4n) is 2.46. The molecule has 1 aromatic carbocycles. The number of halogens is 1. The minimum Gasteiger partial charge on any atom is -0.480 e. The maximum Gasteiger partial charge on any atom is 0.326 e. The smallest absolute Gasteiger partial charge is 0.326 e. The van der Waals surface area contributed by atoms with Gasteiger partial charge >= 0.3 is 5.97 Å². The van der Waals surface area contributed by atoms with Crippen LogP contribution in [0.1, 0.15) is 18.4 Å². The van der Waals surface area contributed by atoms with E-state index in [4.69, 9.17) is 10.8 Å². The quantitative estimate of drug-likeness (QED) is 0.853. The van der Waals surface area contributed by atoms with Gasteiger partial charge < -0.3 is 15.7 Å². The van der Waals surface area contributed by atoms with E-state index in [0.717, 1.165) is 5.56 Å². The molecule has 5 nitrogen and oxygen atoms in total. The number of carbonyl (C=O) groups is 2. The number of nitrogens with two attached hydrogens (primary N) is 1. The molecule has 1 saturated heterocycles. The Balaban J connectivity index is 2.01. The third kappa shape index (κ3) is 3.14. The normalized spacial score (nSPS) is 19.9. The largest absolute Gasteiger partial charge is 0.480 e. The number of hydrogen-bond donors (Lipinski definition) is 2. The molecule has 1 heterocycles. The molecule has 0 spiro atoms. The summed E-state index contributed by atoms with van der Waals surface area (Å²) in [6.07, 6.45) is 1.40. The SMILES string of the molecule is N[C@H](Cc1ccc(F)cc1)C(=O)N1CCCC1C(=O)O. The Morgan fingerprint density at radius 3 is 2.65 bits per heavy atom. The van der Waals surface area contributed by atoms with E-state index in [9.17, 15) is 14.0 Å². The minimum atomic E-state index is -0.996. The van der Waals surface area contributed by atoms with E-state index in [-0.39, 0.29) is 18.1 Å². The zero-order chi connectivity index (χ0) is 14.7. The number of aliphatic carboxylic acids is 1. The number of nitrogens with zero attached hydrogens (tertiary/aromatic N) is 1. The lowest BCUT2D eigenvalue weighted by Gasteiger charge is -2.24. The van der Waals surface area contributed by atoms with Crippen molar-refractivity contribution in [2.45, 2.75) is 31.3 Å². The molecule has 20 heavy (non-hydrogen) atoms. The van der Waals surface area contributed by atoms with Crippen LogP contribution in [-0.2, 0) is 16.0 Å². The molecule has 1 aliphatic heterocycles. The van der Waals surface area contributed by atoms with Gasteiger partial charge in [-0.15, -0.1) is 0 Å². The molecule has 0 aromatic heterocycles. The summed E-state index contributed by atoms with van der Waals surface area (Å²) in [5.74, 6) is -1.71. The number of hydrogen-bond acceptors (Lipinski definition) is 3. The molecule has 108 valence electrons. The van der Waals surface area contributed by atoms with Crippen molar-refractivity contribution >= 4 is 11.9 Å². The van der Waals surface area contributed by atoms with Crippen molar-refractivity contribution < 1.29 is 19.1 Å². The van der Waals surface area contributed by atoms with Crippen LogP contribution in [0.5, 0.6) is 0 Å². The first-order valence-corrected chi connectivity index (χ1v) is 6.52. The first-order valence-electron chi connectivity index (χ1n) is 6.52. The minimum absolute atomic E-state index is 0.266. The predicted octanol–water partition coefficient (Wildman–Crippen LogP) is 0.771. The van der Waals surface area contributed by atoms with E-state index in [1.807, 2.05) is 0 Å². The average Bonchev–Trinajstić information content (AvgIpc) is 2.90. The van der Waals surface area contributed by atoms with Crippen molar-refractivity contribution in [3.05, 3.63) is 35.6 Å². The zero-order valence-electron chi connectivity index (χ0n) is 11.0. The zero-order valence-corrected chi connectivity index (χ0v) is 11.0. The second-order valence-corrected chi connectivity index (χ2v) is 4.96. The Kier molecular flexibility index (Phi) is 4.34. The van der Waals surface area contributed by atoms with Crippen molar-refractivity contribution in [3.63, 3.8) is 0 Å². The molecule has 0 bridgehead atoms. The summed E-state index contributed by atoms with van der Waals surface area (Å²) in [5, 5.41) is 9.06. The van der Waals surface area contributed by atoms with Gasteiger partial charge in [0.05, 0.1) is 6.04 Å². The average molecular weight is 280 g/mol. The van der Waals surface area contributed by atoms with Crippen LogP contribution in [0.3, 0.4) is 0 Å². The Hall–Kier alpha value is -1.95. The van der Waals surface area contributed by atoms with E-state index < -0.39 is 18.1 Å². The number of carbonyl (C=O) groups excluding carboxylic acids is 1.